The molecular weight excluding hydrogens is 266 g/mol. The first-order valence-electron chi connectivity index (χ1n) is 7.17. The molecule has 1 aromatic heterocycles. The Kier molecular flexibility index (Phi) is 4.15. The minimum atomic E-state index is 0.0290. The summed E-state index contributed by atoms with van der Waals surface area (Å²) in [5.74, 6) is 0. The van der Waals surface area contributed by atoms with Crippen LogP contribution in [0, 0.1) is 0 Å². The van der Waals surface area contributed by atoms with E-state index in [1.54, 1.807) is 11.3 Å². The maximum Gasteiger partial charge on any atom is 0.114 e. The molecule has 0 spiro atoms. The molecule has 0 bridgehead atoms. The van der Waals surface area contributed by atoms with Gasteiger partial charge in [-0.1, -0.05) is 30.3 Å². The summed E-state index contributed by atoms with van der Waals surface area (Å²) in [6, 6.07) is 10.7. The summed E-state index contributed by atoms with van der Waals surface area (Å²) in [6.07, 6.45) is 4.30. The molecule has 1 fully saturated rings. The maximum absolute atomic E-state index is 4.55. The van der Waals surface area contributed by atoms with Gasteiger partial charge in [0, 0.05) is 24.7 Å². The fraction of sp³-hybridized carbons (Fsp3) is 0.438. The molecule has 20 heavy (non-hydrogen) atoms. The van der Waals surface area contributed by atoms with Gasteiger partial charge in [-0.3, -0.25) is 4.90 Å². The van der Waals surface area contributed by atoms with Gasteiger partial charge in [-0.15, -0.1) is 11.3 Å². The molecule has 106 valence electrons. The van der Waals surface area contributed by atoms with Crippen LogP contribution in [0.2, 0.25) is 0 Å². The van der Waals surface area contributed by atoms with Gasteiger partial charge in [0.25, 0.3) is 0 Å². The van der Waals surface area contributed by atoms with Crippen molar-refractivity contribution in [2.75, 3.05) is 20.1 Å². The van der Waals surface area contributed by atoms with Crippen molar-refractivity contribution in [3.8, 4) is 0 Å². The molecule has 2 heterocycles. The molecule has 3 nitrogen and oxygen atoms in total. The number of aromatic nitrogens is 1. The van der Waals surface area contributed by atoms with Crippen molar-refractivity contribution in [2.24, 2.45) is 0 Å². The van der Waals surface area contributed by atoms with E-state index < -0.39 is 0 Å². The summed E-state index contributed by atoms with van der Waals surface area (Å²) in [5, 5.41) is 6.84. The summed E-state index contributed by atoms with van der Waals surface area (Å²) in [5.41, 5.74) is 1.42. The normalized spacial score (nSPS) is 23.9. The number of hydrogen-bond acceptors (Lipinski definition) is 4. The Balaban J connectivity index is 1.75. The van der Waals surface area contributed by atoms with Crippen molar-refractivity contribution in [1.82, 2.24) is 15.2 Å². The highest BCUT2D eigenvalue weighted by molar-refractivity contribution is 7.09. The Bertz CT molecular complexity index is 526. The number of nitrogens with one attached hydrogen (secondary N) is 1. The molecule has 1 aliphatic heterocycles. The van der Waals surface area contributed by atoms with E-state index in [4.69, 9.17) is 0 Å². The van der Waals surface area contributed by atoms with Crippen LogP contribution in [0.3, 0.4) is 0 Å². The van der Waals surface area contributed by atoms with E-state index in [1.807, 2.05) is 6.20 Å². The minimum absolute atomic E-state index is 0.0290. The molecule has 0 amide bonds. The van der Waals surface area contributed by atoms with Gasteiger partial charge >= 0.3 is 0 Å². The van der Waals surface area contributed by atoms with E-state index in [9.17, 15) is 0 Å². The second-order valence-electron chi connectivity index (χ2n) is 5.47. The van der Waals surface area contributed by atoms with Crippen LogP contribution in [0.4, 0.5) is 0 Å². The molecule has 0 saturated carbocycles. The Hall–Kier alpha value is -1.23. The zero-order valence-corrected chi connectivity index (χ0v) is 12.7. The van der Waals surface area contributed by atoms with E-state index in [1.165, 1.54) is 30.0 Å². The van der Waals surface area contributed by atoms with Crippen LogP contribution in [0.15, 0.2) is 41.9 Å². The first-order chi connectivity index (χ1) is 9.82. The minimum Gasteiger partial charge on any atom is -0.307 e. The number of likely N-dealkylation sites (tertiary alicyclic amines) is 1. The van der Waals surface area contributed by atoms with E-state index in [0.29, 0.717) is 0 Å². The second kappa shape index (κ2) is 6.04. The number of piperidine rings is 1. The molecule has 0 radical (unpaired) electrons. The molecule has 1 saturated heterocycles. The average molecular weight is 287 g/mol. The van der Waals surface area contributed by atoms with Crippen LogP contribution in [-0.2, 0) is 12.1 Å². The topological polar surface area (TPSA) is 28.2 Å². The predicted molar refractivity (Wildman–Crippen MR) is 83.8 cm³/mol. The Morgan fingerprint density at radius 1 is 1.35 bits per heavy atom. The summed E-state index contributed by atoms with van der Waals surface area (Å²) < 4.78 is 0. The molecule has 1 aliphatic rings. The summed E-state index contributed by atoms with van der Waals surface area (Å²) in [4.78, 5) is 7.09. The van der Waals surface area contributed by atoms with Crippen molar-refractivity contribution < 1.29 is 0 Å². The van der Waals surface area contributed by atoms with Crippen molar-refractivity contribution >= 4 is 11.3 Å². The van der Waals surface area contributed by atoms with Gasteiger partial charge in [0.05, 0.1) is 5.54 Å². The maximum atomic E-state index is 4.55. The van der Waals surface area contributed by atoms with Crippen molar-refractivity contribution in [1.29, 1.82) is 0 Å². The molecule has 1 aromatic carbocycles. The molecule has 1 unspecified atom stereocenters. The van der Waals surface area contributed by atoms with Gasteiger partial charge in [-0.05, 0) is 32.0 Å². The highest BCUT2D eigenvalue weighted by atomic mass is 32.1. The van der Waals surface area contributed by atoms with Crippen molar-refractivity contribution in [2.45, 2.75) is 24.9 Å². The van der Waals surface area contributed by atoms with Crippen LogP contribution in [0.5, 0.6) is 0 Å². The monoisotopic (exact) mass is 287 g/mol. The molecular formula is C16H21N3S. The predicted octanol–water partition coefficient (Wildman–Crippen LogP) is 2.85. The van der Waals surface area contributed by atoms with E-state index in [0.717, 1.165) is 13.1 Å². The number of rotatable bonds is 4. The Labute approximate surface area is 124 Å². The second-order valence-corrected chi connectivity index (χ2v) is 6.36. The first kappa shape index (κ1) is 13.7. The molecule has 1 atom stereocenters. The van der Waals surface area contributed by atoms with Gasteiger partial charge in [-0.25, -0.2) is 4.98 Å². The summed E-state index contributed by atoms with van der Waals surface area (Å²) >= 11 is 1.76. The largest absolute Gasteiger partial charge is 0.307 e. The Morgan fingerprint density at radius 2 is 2.20 bits per heavy atom. The third-order valence-electron chi connectivity index (χ3n) is 4.14. The summed E-state index contributed by atoms with van der Waals surface area (Å²) in [7, 11) is 2.06. The van der Waals surface area contributed by atoms with Gasteiger partial charge in [-0.2, -0.15) is 0 Å². The lowest BCUT2D eigenvalue weighted by atomic mass is 9.89. The number of thiazole rings is 1. The number of benzene rings is 1. The lowest BCUT2D eigenvalue weighted by molar-refractivity contribution is 0.120. The fourth-order valence-corrected chi connectivity index (χ4v) is 3.93. The zero-order valence-electron chi connectivity index (χ0n) is 11.9. The Morgan fingerprint density at radius 3 is 2.90 bits per heavy atom. The molecule has 3 rings (SSSR count). The van der Waals surface area contributed by atoms with E-state index in [2.05, 4.69) is 58.0 Å². The third-order valence-corrected chi connectivity index (χ3v) is 5.12. The van der Waals surface area contributed by atoms with E-state index >= 15 is 0 Å². The number of likely N-dealkylation sites (N-methyl/N-ethyl adjacent to an activating group) is 1. The molecule has 4 heteroatoms. The average Bonchev–Trinajstić information content (AvgIpc) is 3.03. The summed E-state index contributed by atoms with van der Waals surface area (Å²) in [6.45, 7) is 3.23. The number of nitrogens with zero attached hydrogens (tertiary/aromatic N) is 2. The molecule has 2 aromatic rings. The molecule has 1 N–H and O–H groups in total. The highest BCUT2D eigenvalue weighted by Gasteiger charge is 2.37. The number of hydrogen-bond donors (Lipinski definition) is 1. The van der Waals surface area contributed by atoms with E-state index in [-0.39, 0.29) is 5.54 Å². The van der Waals surface area contributed by atoms with Crippen LogP contribution >= 0.6 is 11.3 Å². The van der Waals surface area contributed by atoms with Crippen molar-refractivity contribution in [3.05, 3.63) is 52.5 Å². The first-order valence-corrected chi connectivity index (χ1v) is 8.05. The van der Waals surface area contributed by atoms with Crippen LogP contribution < -0.4 is 5.32 Å². The zero-order chi connectivity index (χ0) is 13.8. The fourth-order valence-electron chi connectivity index (χ4n) is 3.07. The molecule has 0 aliphatic carbocycles. The van der Waals surface area contributed by atoms with Crippen LogP contribution in [-0.4, -0.2) is 30.0 Å². The third kappa shape index (κ3) is 2.77. The lowest BCUT2D eigenvalue weighted by Crippen LogP contribution is -2.53. The van der Waals surface area contributed by atoms with Gasteiger partial charge in [0.1, 0.15) is 5.01 Å². The highest BCUT2D eigenvalue weighted by Crippen LogP contribution is 2.33. The van der Waals surface area contributed by atoms with Crippen molar-refractivity contribution in [3.63, 3.8) is 0 Å². The van der Waals surface area contributed by atoms with Crippen LogP contribution in [0.25, 0.3) is 0 Å². The van der Waals surface area contributed by atoms with Gasteiger partial charge in [0.15, 0.2) is 0 Å². The lowest BCUT2D eigenvalue weighted by Gasteiger charge is -2.41. The van der Waals surface area contributed by atoms with Crippen LogP contribution in [0.1, 0.15) is 23.4 Å². The quantitative estimate of drug-likeness (QED) is 0.937. The standard InChI is InChI=1S/C16H21N3S/c1-17-16(15-18-9-11-20-15)8-5-10-19(13-16)12-14-6-3-2-4-7-14/h2-4,6-7,9,11,17H,5,8,10,12-13H2,1H3. The van der Waals surface area contributed by atoms with Gasteiger partial charge in [0.2, 0.25) is 0 Å². The SMILES string of the molecule is CNC1(c2nccs2)CCCN(Cc2ccccc2)C1. The smallest absolute Gasteiger partial charge is 0.114 e. The van der Waals surface area contributed by atoms with Gasteiger partial charge < -0.3 is 5.32 Å².